The molecular weight excluding hydrogens is 573 g/mol. The standard InChI is InChI=1S/C34H40FN7O3/c1-25(43)31(40-33-24-37-23-32(42(33)44)26-8-3-2-4-9-26)14-17-41(18-19-45-30-20-28(35)21-36-22-30)16-6-5-11-29-13-12-27-10-7-15-38-34(27)39-29/h2-4,8-9,12-13,20-24,31,44H,5-7,10-11,14-19H2,1H3,(H,38,39)/p+1/t31-/m0/s1. The molecule has 0 unspecified atom stereocenters. The van der Waals surface area contributed by atoms with Crippen molar-refractivity contribution < 1.29 is 23.9 Å². The van der Waals surface area contributed by atoms with Crippen molar-refractivity contribution >= 4 is 17.4 Å². The Morgan fingerprint density at radius 3 is 2.76 bits per heavy atom. The van der Waals surface area contributed by atoms with Crippen LogP contribution in [0.2, 0.25) is 0 Å². The second kappa shape index (κ2) is 15.9. The minimum absolute atomic E-state index is 0.0470. The van der Waals surface area contributed by atoms with E-state index in [1.807, 2.05) is 30.3 Å². The zero-order valence-electron chi connectivity index (χ0n) is 25.7. The van der Waals surface area contributed by atoms with Crippen molar-refractivity contribution in [3.8, 4) is 17.0 Å². The van der Waals surface area contributed by atoms with Gasteiger partial charge in [0, 0.05) is 43.4 Å². The molecule has 5 rings (SSSR count). The molecule has 0 fully saturated rings. The number of benzene rings is 1. The van der Waals surface area contributed by atoms with Crippen LogP contribution in [0.4, 0.5) is 16.0 Å². The summed E-state index contributed by atoms with van der Waals surface area (Å²) in [6, 6.07) is 14.5. The SMILES string of the molecule is CC(=O)[C@H](CCN(CCCCc1ccc2c(n1)NCCC2)CCOc1cncc(F)c1)Nc1cncc(-c2ccccc2)[n+]1O. The van der Waals surface area contributed by atoms with Crippen LogP contribution in [0.5, 0.6) is 5.75 Å². The third-order valence-corrected chi connectivity index (χ3v) is 7.93. The first-order valence-corrected chi connectivity index (χ1v) is 15.6. The Bertz CT molecular complexity index is 1560. The van der Waals surface area contributed by atoms with Crippen LogP contribution in [-0.2, 0) is 17.6 Å². The van der Waals surface area contributed by atoms with Crippen molar-refractivity contribution in [2.45, 2.75) is 51.5 Å². The number of rotatable bonds is 16. The minimum atomic E-state index is -0.542. The summed E-state index contributed by atoms with van der Waals surface area (Å²) in [4.78, 5) is 27.9. The number of nitrogens with zero attached hydrogens (tertiary/aromatic N) is 5. The first kappa shape index (κ1) is 31.8. The van der Waals surface area contributed by atoms with E-state index in [1.54, 1.807) is 13.1 Å². The van der Waals surface area contributed by atoms with Crippen LogP contribution in [0.1, 0.15) is 43.9 Å². The van der Waals surface area contributed by atoms with Gasteiger partial charge in [-0.05, 0) is 61.9 Å². The summed E-state index contributed by atoms with van der Waals surface area (Å²) in [7, 11) is 0. The van der Waals surface area contributed by atoms with Crippen molar-refractivity contribution in [2.75, 3.05) is 43.4 Å². The van der Waals surface area contributed by atoms with E-state index >= 15 is 0 Å². The quantitative estimate of drug-likeness (QED) is 0.0936. The lowest BCUT2D eigenvalue weighted by molar-refractivity contribution is -0.885. The van der Waals surface area contributed by atoms with Crippen LogP contribution in [0.15, 0.2) is 73.3 Å². The topological polar surface area (TPSA) is 116 Å². The number of halogens is 1. The predicted molar refractivity (Wildman–Crippen MR) is 170 cm³/mol. The van der Waals surface area contributed by atoms with Crippen LogP contribution < -0.4 is 20.1 Å². The molecule has 0 aliphatic carbocycles. The zero-order chi connectivity index (χ0) is 31.4. The number of nitrogens with one attached hydrogen (secondary N) is 2. The molecule has 0 amide bonds. The lowest BCUT2D eigenvalue weighted by Gasteiger charge is -2.24. The van der Waals surface area contributed by atoms with Crippen molar-refractivity contribution in [3.05, 3.63) is 90.4 Å². The number of hydrogen-bond acceptors (Lipinski definition) is 9. The van der Waals surface area contributed by atoms with Crippen LogP contribution in [-0.4, -0.2) is 69.7 Å². The molecule has 1 aromatic carbocycles. The van der Waals surface area contributed by atoms with E-state index in [2.05, 4.69) is 37.6 Å². The fourth-order valence-electron chi connectivity index (χ4n) is 5.44. The number of fused-ring (bicyclic) bond motifs is 1. The van der Waals surface area contributed by atoms with Crippen LogP contribution in [0, 0.1) is 5.82 Å². The molecule has 3 aromatic heterocycles. The molecule has 45 heavy (non-hydrogen) atoms. The second-order valence-corrected chi connectivity index (χ2v) is 11.3. The number of Topliss-reactive ketones (excluding diaryl/α,β-unsaturated/α-hetero) is 1. The Labute approximate surface area is 263 Å². The van der Waals surface area contributed by atoms with Gasteiger partial charge < -0.3 is 15.3 Å². The van der Waals surface area contributed by atoms with E-state index in [-0.39, 0.29) is 5.78 Å². The summed E-state index contributed by atoms with van der Waals surface area (Å²) in [6.45, 7) is 4.85. The molecule has 0 radical (unpaired) electrons. The van der Waals surface area contributed by atoms with E-state index in [1.165, 1.54) is 24.0 Å². The molecule has 11 heteroatoms. The molecule has 3 N–H and O–H groups in total. The molecule has 0 spiro atoms. The average Bonchev–Trinajstić information content (AvgIpc) is 3.05. The van der Waals surface area contributed by atoms with E-state index in [4.69, 9.17) is 9.72 Å². The van der Waals surface area contributed by atoms with Gasteiger partial charge in [-0.2, -0.15) is 0 Å². The number of aromatic nitrogens is 4. The highest BCUT2D eigenvalue weighted by Crippen LogP contribution is 2.21. The maximum Gasteiger partial charge on any atom is 0.333 e. The van der Waals surface area contributed by atoms with Gasteiger partial charge in [0.2, 0.25) is 0 Å². The van der Waals surface area contributed by atoms with Gasteiger partial charge in [0.05, 0.1) is 18.6 Å². The Hall–Kier alpha value is -4.64. The van der Waals surface area contributed by atoms with E-state index < -0.39 is 11.9 Å². The Kier molecular flexibility index (Phi) is 11.2. The lowest BCUT2D eigenvalue weighted by atomic mass is 10.1. The van der Waals surface area contributed by atoms with Crippen LogP contribution in [0.3, 0.4) is 0 Å². The Morgan fingerprint density at radius 2 is 1.93 bits per heavy atom. The van der Waals surface area contributed by atoms with Gasteiger partial charge in [-0.15, -0.1) is 0 Å². The first-order valence-electron chi connectivity index (χ1n) is 15.6. The van der Waals surface area contributed by atoms with E-state index in [0.717, 1.165) is 73.2 Å². The van der Waals surface area contributed by atoms with Crippen molar-refractivity contribution in [3.63, 3.8) is 0 Å². The summed E-state index contributed by atoms with van der Waals surface area (Å²) in [5.74, 6) is 1.23. The molecular formula is C34H41FN7O3+. The largest absolute Gasteiger partial charge is 0.491 e. The number of pyridine rings is 2. The molecule has 4 heterocycles. The van der Waals surface area contributed by atoms with Crippen molar-refractivity contribution in [1.29, 1.82) is 0 Å². The van der Waals surface area contributed by atoms with Gasteiger partial charge in [0.1, 0.15) is 30.2 Å². The van der Waals surface area contributed by atoms with Crippen molar-refractivity contribution in [1.82, 2.24) is 19.9 Å². The fraction of sp³-hybridized carbons (Fsp3) is 0.382. The fourth-order valence-corrected chi connectivity index (χ4v) is 5.44. The normalized spacial score (nSPS) is 13.1. The van der Waals surface area contributed by atoms with Gasteiger partial charge in [-0.25, -0.2) is 9.37 Å². The summed E-state index contributed by atoms with van der Waals surface area (Å²) in [6.07, 6.45) is 11.2. The van der Waals surface area contributed by atoms with Crippen LogP contribution >= 0.6 is 0 Å². The predicted octanol–water partition coefficient (Wildman–Crippen LogP) is 4.72. The Balaban J connectivity index is 1.19. The van der Waals surface area contributed by atoms with Crippen LogP contribution in [0.25, 0.3) is 11.3 Å². The number of aryl methyl sites for hydroxylation is 2. The highest BCUT2D eigenvalue weighted by atomic mass is 19.1. The Morgan fingerprint density at radius 1 is 1.09 bits per heavy atom. The molecule has 0 saturated carbocycles. The maximum absolute atomic E-state index is 13.6. The smallest absolute Gasteiger partial charge is 0.333 e. The number of carbonyl (C=O) groups is 1. The number of ether oxygens (including phenoxy) is 1. The van der Waals surface area contributed by atoms with Gasteiger partial charge in [0.25, 0.3) is 0 Å². The maximum atomic E-state index is 13.6. The monoisotopic (exact) mass is 614 g/mol. The minimum Gasteiger partial charge on any atom is -0.491 e. The summed E-state index contributed by atoms with van der Waals surface area (Å²) in [5.41, 5.74) is 3.68. The molecule has 0 saturated heterocycles. The first-order chi connectivity index (χ1) is 22.0. The van der Waals surface area contributed by atoms with Gasteiger partial charge in [0.15, 0.2) is 17.5 Å². The van der Waals surface area contributed by atoms with Gasteiger partial charge in [-0.3, -0.25) is 25.0 Å². The second-order valence-electron chi connectivity index (χ2n) is 11.3. The highest BCUT2D eigenvalue weighted by molar-refractivity contribution is 5.83. The number of ketones is 1. The van der Waals surface area contributed by atoms with E-state index in [0.29, 0.717) is 43.4 Å². The molecule has 1 atom stereocenters. The number of anilines is 2. The number of hydrogen-bond donors (Lipinski definition) is 3. The van der Waals surface area contributed by atoms with Gasteiger partial charge in [-0.1, -0.05) is 36.4 Å². The third-order valence-electron chi connectivity index (χ3n) is 7.93. The molecule has 0 bridgehead atoms. The van der Waals surface area contributed by atoms with Gasteiger partial charge >= 0.3 is 5.82 Å². The zero-order valence-corrected chi connectivity index (χ0v) is 25.7. The molecule has 10 nitrogen and oxygen atoms in total. The number of unbranched alkanes of at least 4 members (excludes halogenated alkanes) is 1. The van der Waals surface area contributed by atoms with Crippen molar-refractivity contribution in [2.24, 2.45) is 0 Å². The lowest BCUT2D eigenvalue weighted by Crippen LogP contribution is -2.42. The molecule has 4 aromatic rings. The molecule has 1 aliphatic rings. The third kappa shape index (κ3) is 9.18. The molecule has 236 valence electrons. The summed E-state index contributed by atoms with van der Waals surface area (Å²) < 4.78 is 20.4. The average molecular weight is 615 g/mol. The van der Waals surface area contributed by atoms with E-state index in [9.17, 15) is 14.4 Å². The highest BCUT2D eigenvalue weighted by Gasteiger charge is 2.25. The summed E-state index contributed by atoms with van der Waals surface area (Å²) >= 11 is 0. The number of carbonyl (C=O) groups excluding carboxylic acids is 1. The molecule has 1 aliphatic heterocycles. The summed E-state index contributed by atoms with van der Waals surface area (Å²) in [5, 5.41) is 17.5.